The van der Waals surface area contributed by atoms with Crippen LogP contribution in [0.3, 0.4) is 0 Å². The summed E-state index contributed by atoms with van der Waals surface area (Å²) in [6.45, 7) is 1.85. The summed E-state index contributed by atoms with van der Waals surface area (Å²) in [7, 11) is 0. The highest BCUT2D eigenvalue weighted by atomic mass is 19.1. The number of hydrogen-bond donors (Lipinski definition) is 2. The van der Waals surface area contributed by atoms with Gasteiger partial charge in [-0.1, -0.05) is 0 Å². The molecule has 4 rings (SSSR count). The Morgan fingerprint density at radius 1 is 1.17 bits per heavy atom. The molecule has 1 atom stereocenters. The van der Waals surface area contributed by atoms with Crippen molar-refractivity contribution in [3.63, 3.8) is 0 Å². The molecule has 0 amide bonds. The molecule has 3 N–H and O–H groups in total. The normalized spacial score (nSPS) is 17.3. The third-order valence-corrected chi connectivity index (χ3v) is 4.26. The number of benzene rings is 1. The highest BCUT2D eigenvalue weighted by Gasteiger charge is 2.24. The van der Waals surface area contributed by atoms with Gasteiger partial charge in [-0.25, -0.2) is 19.3 Å². The first-order valence-corrected chi connectivity index (χ1v) is 7.85. The molecule has 24 heavy (non-hydrogen) atoms. The first-order valence-electron chi connectivity index (χ1n) is 7.85. The van der Waals surface area contributed by atoms with E-state index in [-0.39, 0.29) is 11.8 Å². The van der Waals surface area contributed by atoms with Crippen molar-refractivity contribution in [2.45, 2.75) is 12.5 Å². The molecule has 1 aromatic carbocycles. The minimum absolute atomic E-state index is 0.217. The van der Waals surface area contributed by atoms with Crippen molar-refractivity contribution in [2.24, 2.45) is 0 Å². The fourth-order valence-electron chi connectivity index (χ4n) is 3.09. The number of nitrogen functional groups attached to an aromatic ring is 1. The predicted octanol–water partition coefficient (Wildman–Crippen LogP) is 2.26. The molecule has 0 bridgehead atoms. The summed E-state index contributed by atoms with van der Waals surface area (Å²) < 4.78 is 15.4. The van der Waals surface area contributed by atoms with Gasteiger partial charge < -0.3 is 15.6 Å². The molecule has 1 fully saturated rings. The number of nitrogens with two attached hydrogens (primary N) is 1. The Labute approximate surface area is 138 Å². The van der Waals surface area contributed by atoms with E-state index in [1.165, 1.54) is 12.1 Å². The second-order valence-electron chi connectivity index (χ2n) is 5.80. The Hall–Kier alpha value is -2.80. The molecular formula is C17H17FN6. The maximum absolute atomic E-state index is 13.3. The van der Waals surface area contributed by atoms with Crippen LogP contribution >= 0.6 is 0 Å². The lowest BCUT2D eigenvalue weighted by atomic mass is 10.1. The predicted molar refractivity (Wildman–Crippen MR) is 89.6 cm³/mol. The van der Waals surface area contributed by atoms with Gasteiger partial charge in [0, 0.05) is 24.3 Å². The topological polar surface area (TPSA) is 81.6 Å². The van der Waals surface area contributed by atoms with Gasteiger partial charge in [0.05, 0.1) is 23.4 Å². The van der Waals surface area contributed by atoms with E-state index < -0.39 is 0 Å². The van der Waals surface area contributed by atoms with Crippen LogP contribution in [0.5, 0.6) is 0 Å². The standard InChI is InChI=1S/C17H17FN6/c18-12-3-1-11(2-4-12)15-16(14-6-8-21-17(19)23-14)24(10-22-15)13-5-7-20-9-13/h1-4,6,8,10,13,20H,5,7,9H2,(H2,19,21,23). The molecule has 7 heteroatoms. The van der Waals surface area contributed by atoms with Crippen LogP contribution < -0.4 is 11.1 Å². The smallest absolute Gasteiger partial charge is 0.220 e. The molecule has 122 valence electrons. The lowest BCUT2D eigenvalue weighted by Crippen LogP contribution is -2.14. The Morgan fingerprint density at radius 3 is 2.71 bits per heavy atom. The van der Waals surface area contributed by atoms with E-state index in [2.05, 4.69) is 24.8 Å². The second-order valence-corrected chi connectivity index (χ2v) is 5.80. The lowest BCUT2D eigenvalue weighted by Gasteiger charge is -2.15. The molecule has 1 unspecified atom stereocenters. The summed E-state index contributed by atoms with van der Waals surface area (Å²) in [4.78, 5) is 12.9. The van der Waals surface area contributed by atoms with Gasteiger partial charge in [-0.05, 0) is 43.3 Å². The highest BCUT2D eigenvalue weighted by molar-refractivity contribution is 5.77. The Kier molecular flexibility index (Phi) is 3.70. The minimum atomic E-state index is -0.272. The molecule has 0 radical (unpaired) electrons. The van der Waals surface area contributed by atoms with Crippen molar-refractivity contribution in [3.8, 4) is 22.6 Å². The Balaban J connectivity index is 1.89. The van der Waals surface area contributed by atoms with Crippen LogP contribution in [0.4, 0.5) is 10.3 Å². The molecule has 1 aliphatic heterocycles. The van der Waals surface area contributed by atoms with Crippen LogP contribution in [0.15, 0.2) is 42.9 Å². The Bertz CT molecular complexity index is 852. The fraction of sp³-hybridized carbons (Fsp3) is 0.235. The van der Waals surface area contributed by atoms with Gasteiger partial charge >= 0.3 is 0 Å². The molecular weight excluding hydrogens is 307 g/mol. The van der Waals surface area contributed by atoms with E-state index in [1.807, 2.05) is 12.4 Å². The largest absolute Gasteiger partial charge is 0.368 e. The van der Waals surface area contributed by atoms with Crippen molar-refractivity contribution in [3.05, 3.63) is 48.7 Å². The summed E-state index contributed by atoms with van der Waals surface area (Å²) in [5, 5.41) is 3.36. The van der Waals surface area contributed by atoms with Crippen LogP contribution in [-0.2, 0) is 0 Å². The van der Waals surface area contributed by atoms with Crippen LogP contribution in [0.25, 0.3) is 22.6 Å². The van der Waals surface area contributed by atoms with Gasteiger partial charge in [-0.3, -0.25) is 0 Å². The summed E-state index contributed by atoms with van der Waals surface area (Å²) in [5.74, 6) is -0.0548. The molecule has 0 aliphatic carbocycles. The molecule has 3 aromatic rings. The van der Waals surface area contributed by atoms with Crippen molar-refractivity contribution < 1.29 is 4.39 Å². The van der Waals surface area contributed by atoms with E-state index in [9.17, 15) is 4.39 Å². The molecule has 1 aliphatic rings. The average Bonchev–Trinajstić information content (AvgIpc) is 3.25. The SMILES string of the molecule is Nc1nccc(-c2c(-c3ccc(F)cc3)ncn2C2CCNC2)n1. The van der Waals surface area contributed by atoms with Gasteiger partial charge in [0.25, 0.3) is 0 Å². The van der Waals surface area contributed by atoms with Crippen LogP contribution in [0.2, 0.25) is 0 Å². The zero-order valence-electron chi connectivity index (χ0n) is 13.0. The summed E-state index contributed by atoms with van der Waals surface area (Å²) >= 11 is 0. The number of nitrogens with zero attached hydrogens (tertiary/aromatic N) is 4. The van der Waals surface area contributed by atoms with Crippen molar-refractivity contribution in [2.75, 3.05) is 18.8 Å². The molecule has 0 spiro atoms. The van der Waals surface area contributed by atoms with Crippen molar-refractivity contribution in [1.29, 1.82) is 0 Å². The van der Waals surface area contributed by atoms with E-state index in [0.29, 0.717) is 11.7 Å². The number of hydrogen-bond acceptors (Lipinski definition) is 5. The summed E-state index contributed by atoms with van der Waals surface area (Å²) in [6.07, 6.45) is 4.48. The van der Waals surface area contributed by atoms with E-state index in [4.69, 9.17) is 5.73 Å². The molecule has 3 heterocycles. The summed E-state index contributed by atoms with van der Waals surface area (Å²) in [5.41, 5.74) is 8.96. The van der Waals surface area contributed by atoms with Gasteiger partial charge in [0.15, 0.2) is 0 Å². The number of imidazole rings is 1. The number of aromatic nitrogens is 4. The quantitative estimate of drug-likeness (QED) is 0.772. The van der Waals surface area contributed by atoms with Crippen LogP contribution in [0, 0.1) is 5.82 Å². The van der Waals surface area contributed by atoms with E-state index >= 15 is 0 Å². The number of halogens is 1. The van der Waals surface area contributed by atoms with Crippen LogP contribution in [0.1, 0.15) is 12.5 Å². The Morgan fingerprint density at radius 2 is 2.00 bits per heavy atom. The fourth-order valence-corrected chi connectivity index (χ4v) is 3.09. The van der Waals surface area contributed by atoms with Crippen molar-refractivity contribution in [1.82, 2.24) is 24.8 Å². The maximum Gasteiger partial charge on any atom is 0.220 e. The van der Waals surface area contributed by atoms with Crippen LogP contribution in [-0.4, -0.2) is 32.6 Å². The zero-order chi connectivity index (χ0) is 16.5. The molecule has 0 saturated carbocycles. The van der Waals surface area contributed by atoms with E-state index in [0.717, 1.165) is 36.5 Å². The minimum Gasteiger partial charge on any atom is -0.368 e. The molecule has 1 saturated heterocycles. The number of anilines is 1. The molecule has 2 aromatic heterocycles. The second kappa shape index (κ2) is 6.01. The monoisotopic (exact) mass is 324 g/mol. The first-order chi connectivity index (χ1) is 11.7. The lowest BCUT2D eigenvalue weighted by molar-refractivity contribution is 0.551. The van der Waals surface area contributed by atoms with Crippen molar-refractivity contribution >= 4 is 5.95 Å². The van der Waals surface area contributed by atoms with Gasteiger partial charge in [-0.2, -0.15) is 0 Å². The third kappa shape index (κ3) is 2.63. The average molecular weight is 324 g/mol. The van der Waals surface area contributed by atoms with Gasteiger partial charge in [-0.15, -0.1) is 0 Å². The third-order valence-electron chi connectivity index (χ3n) is 4.26. The first kappa shape index (κ1) is 14.8. The van der Waals surface area contributed by atoms with Gasteiger partial charge in [0.1, 0.15) is 5.82 Å². The molecule has 6 nitrogen and oxygen atoms in total. The summed E-state index contributed by atoms with van der Waals surface area (Å²) in [6, 6.07) is 8.44. The number of nitrogens with one attached hydrogen (secondary N) is 1. The zero-order valence-corrected chi connectivity index (χ0v) is 13.0. The van der Waals surface area contributed by atoms with Gasteiger partial charge in [0.2, 0.25) is 5.95 Å². The maximum atomic E-state index is 13.3. The highest BCUT2D eigenvalue weighted by Crippen LogP contribution is 2.33. The van der Waals surface area contributed by atoms with E-state index in [1.54, 1.807) is 18.3 Å². The number of rotatable bonds is 3.